The smallest absolute Gasteiger partial charge is 0.177 e. The van der Waals surface area contributed by atoms with Gasteiger partial charge in [-0.05, 0) is 142 Å². The molecule has 0 aliphatic heterocycles. The molecule has 2 aromatic carbocycles. The molecule has 0 saturated heterocycles. The fourth-order valence-corrected chi connectivity index (χ4v) is 7.53. The van der Waals surface area contributed by atoms with Crippen LogP contribution in [0.2, 0.25) is 0 Å². The van der Waals surface area contributed by atoms with E-state index >= 15 is 0 Å². The van der Waals surface area contributed by atoms with Crippen LogP contribution in [-0.2, 0) is 0 Å². The number of H-pyrrole nitrogens is 1. The molecule has 0 spiro atoms. The molecule has 0 radical (unpaired) electrons. The number of benzene rings is 2. The van der Waals surface area contributed by atoms with Gasteiger partial charge in [0.25, 0.3) is 0 Å². The van der Waals surface area contributed by atoms with E-state index in [0.717, 1.165) is 79.0 Å². The van der Waals surface area contributed by atoms with Crippen molar-refractivity contribution in [1.29, 1.82) is 5.26 Å². The summed E-state index contributed by atoms with van der Waals surface area (Å²) in [6, 6.07) is 16.1. The SMILES string of the molecule is CC(C#N)C1CCC(c2ccnc3ccc(F)cc23)CC1.CC(c1nn[nH]n1)C1CCC(c2ccnc3ccc(F)cc23)CC1. The molecular weight excluding hydrogens is 568 g/mol. The summed E-state index contributed by atoms with van der Waals surface area (Å²) in [5.41, 5.74) is 4.17. The molecule has 2 aliphatic carbocycles. The van der Waals surface area contributed by atoms with Crippen LogP contribution in [0.25, 0.3) is 21.8 Å². The number of tetrazole rings is 1. The van der Waals surface area contributed by atoms with Gasteiger partial charge in [0.15, 0.2) is 5.82 Å². The predicted octanol–water partition coefficient (Wildman–Crippen LogP) is 8.77. The van der Waals surface area contributed by atoms with E-state index in [1.165, 1.54) is 23.3 Å². The van der Waals surface area contributed by atoms with E-state index in [1.807, 2.05) is 25.4 Å². The lowest BCUT2D eigenvalue weighted by atomic mass is 9.73. The highest BCUT2D eigenvalue weighted by molar-refractivity contribution is 5.83. The van der Waals surface area contributed by atoms with Crippen LogP contribution in [0.4, 0.5) is 8.78 Å². The number of nitrogens with one attached hydrogen (secondary N) is 1. The number of rotatable bonds is 5. The summed E-state index contributed by atoms with van der Waals surface area (Å²) in [4.78, 5) is 8.69. The predicted molar refractivity (Wildman–Crippen MR) is 170 cm³/mol. The van der Waals surface area contributed by atoms with Gasteiger partial charge in [0.05, 0.1) is 17.1 Å². The van der Waals surface area contributed by atoms with E-state index in [2.05, 4.69) is 49.7 Å². The van der Waals surface area contributed by atoms with Gasteiger partial charge in [-0.3, -0.25) is 9.97 Å². The average molecular weight is 608 g/mol. The Hall–Kier alpha value is -4.32. The summed E-state index contributed by atoms with van der Waals surface area (Å²) in [5, 5.41) is 25.4. The molecule has 2 unspecified atom stereocenters. The Morgan fingerprint density at radius 1 is 0.733 bits per heavy atom. The maximum atomic E-state index is 13.7. The largest absolute Gasteiger partial charge is 0.256 e. The molecule has 0 amide bonds. The molecule has 9 heteroatoms. The quantitative estimate of drug-likeness (QED) is 0.214. The molecule has 7 rings (SSSR count). The molecule has 2 saturated carbocycles. The Balaban J connectivity index is 0.000000160. The average Bonchev–Trinajstić information content (AvgIpc) is 3.63. The Kier molecular flexibility index (Phi) is 9.39. The van der Waals surface area contributed by atoms with E-state index in [4.69, 9.17) is 5.26 Å². The number of aromatic amines is 1. The van der Waals surface area contributed by atoms with Crippen molar-refractivity contribution >= 4 is 21.8 Å². The van der Waals surface area contributed by atoms with Crippen molar-refractivity contribution in [2.75, 3.05) is 0 Å². The number of pyridine rings is 2. The van der Waals surface area contributed by atoms with Gasteiger partial charge in [-0.15, -0.1) is 10.2 Å². The Labute approximate surface area is 262 Å². The fraction of sp³-hybridized carbons (Fsp3) is 0.444. The van der Waals surface area contributed by atoms with E-state index in [1.54, 1.807) is 24.3 Å². The summed E-state index contributed by atoms with van der Waals surface area (Å²) in [6.07, 6.45) is 12.4. The number of hydrogen-bond acceptors (Lipinski definition) is 6. The highest BCUT2D eigenvalue weighted by Crippen LogP contribution is 2.43. The van der Waals surface area contributed by atoms with Gasteiger partial charge in [0, 0.05) is 35.0 Å². The van der Waals surface area contributed by atoms with Gasteiger partial charge in [-0.25, -0.2) is 8.78 Å². The molecule has 3 aromatic heterocycles. The Morgan fingerprint density at radius 3 is 1.71 bits per heavy atom. The number of aromatic nitrogens is 6. The normalized spacial score (nSPS) is 23.1. The minimum atomic E-state index is -0.205. The van der Waals surface area contributed by atoms with Gasteiger partial charge in [-0.2, -0.15) is 10.5 Å². The first kappa shape index (κ1) is 30.7. The molecule has 0 bridgehead atoms. The summed E-state index contributed by atoms with van der Waals surface area (Å²) in [5.74, 6) is 2.86. The highest BCUT2D eigenvalue weighted by Gasteiger charge is 2.30. The third kappa shape index (κ3) is 6.85. The molecule has 2 fully saturated rings. The van der Waals surface area contributed by atoms with Crippen molar-refractivity contribution in [1.82, 2.24) is 30.6 Å². The standard InChI is InChI=1S/C18H20FN5.C18H19FN2/c1-11(18-21-23-24-22-18)12-2-4-13(5-3-12)15-8-9-20-17-7-6-14(19)10-16(15)17;1-12(11-20)13-2-4-14(5-3-13)16-8-9-21-18-7-6-15(19)10-17(16)18/h6-13H,2-5H2,1H3,(H,21,22,23,24);6-10,12-14H,2-5H2,1H3. The number of nitrogens with zero attached hydrogens (tertiary/aromatic N) is 6. The maximum Gasteiger partial charge on any atom is 0.177 e. The zero-order valence-corrected chi connectivity index (χ0v) is 25.8. The van der Waals surface area contributed by atoms with Crippen LogP contribution in [0.3, 0.4) is 0 Å². The van der Waals surface area contributed by atoms with Crippen LogP contribution in [0, 0.1) is 40.7 Å². The lowest BCUT2D eigenvalue weighted by Gasteiger charge is -2.31. The lowest BCUT2D eigenvalue weighted by Crippen LogP contribution is -2.19. The monoisotopic (exact) mass is 607 g/mol. The maximum absolute atomic E-state index is 13.7. The fourth-order valence-electron chi connectivity index (χ4n) is 7.53. The van der Waals surface area contributed by atoms with Gasteiger partial charge < -0.3 is 0 Å². The van der Waals surface area contributed by atoms with Crippen LogP contribution < -0.4 is 0 Å². The second-order valence-corrected chi connectivity index (χ2v) is 12.8. The molecular formula is C36H39F2N7. The van der Waals surface area contributed by atoms with Gasteiger partial charge in [0.2, 0.25) is 0 Å². The van der Waals surface area contributed by atoms with E-state index in [0.29, 0.717) is 29.6 Å². The van der Waals surface area contributed by atoms with Crippen molar-refractivity contribution in [2.24, 2.45) is 17.8 Å². The van der Waals surface area contributed by atoms with Crippen molar-refractivity contribution < 1.29 is 8.78 Å². The second kappa shape index (κ2) is 13.8. The summed E-state index contributed by atoms with van der Waals surface area (Å²) < 4.78 is 27.2. The number of halogens is 2. The molecule has 45 heavy (non-hydrogen) atoms. The molecule has 5 aromatic rings. The third-order valence-corrected chi connectivity index (χ3v) is 10.3. The minimum absolute atomic E-state index is 0.137. The summed E-state index contributed by atoms with van der Waals surface area (Å²) in [7, 11) is 0. The van der Waals surface area contributed by atoms with Gasteiger partial charge in [-0.1, -0.05) is 12.1 Å². The summed E-state index contributed by atoms with van der Waals surface area (Å²) in [6.45, 7) is 4.19. The molecule has 3 heterocycles. The molecule has 232 valence electrons. The van der Waals surface area contributed by atoms with Crippen LogP contribution >= 0.6 is 0 Å². The van der Waals surface area contributed by atoms with Crippen LogP contribution in [-0.4, -0.2) is 30.6 Å². The first-order chi connectivity index (χ1) is 21.9. The van der Waals surface area contributed by atoms with Gasteiger partial charge >= 0.3 is 0 Å². The van der Waals surface area contributed by atoms with Crippen LogP contribution in [0.1, 0.15) is 99.9 Å². The Bertz CT molecular complexity index is 1770. The number of hydrogen-bond donors (Lipinski definition) is 1. The van der Waals surface area contributed by atoms with E-state index in [9.17, 15) is 8.78 Å². The first-order valence-electron chi connectivity index (χ1n) is 16.1. The van der Waals surface area contributed by atoms with Crippen LogP contribution in [0.15, 0.2) is 60.9 Å². The lowest BCUT2D eigenvalue weighted by molar-refractivity contribution is 0.281. The van der Waals surface area contributed by atoms with Crippen molar-refractivity contribution in [2.45, 2.75) is 83.0 Å². The molecule has 2 aliphatic rings. The minimum Gasteiger partial charge on any atom is -0.256 e. The van der Waals surface area contributed by atoms with Crippen molar-refractivity contribution in [3.05, 3.63) is 89.5 Å². The zero-order valence-electron chi connectivity index (χ0n) is 25.8. The topological polar surface area (TPSA) is 104 Å². The van der Waals surface area contributed by atoms with Crippen LogP contribution in [0.5, 0.6) is 0 Å². The molecule has 7 nitrogen and oxygen atoms in total. The highest BCUT2D eigenvalue weighted by atomic mass is 19.1. The number of nitriles is 1. The zero-order chi connectivity index (χ0) is 31.3. The van der Waals surface area contributed by atoms with Crippen molar-refractivity contribution in [3.8, 4) is 6.07 Å². The van der Waals surface area contributed by atoms with Crippen molar-refractivity contribution in [3.63, 3.8) is 0 Å². The Morgan fingerprint density at radius 2 is 1.24 bits per heavy atom. The van der Waals surface area contributed by atoms with Gasteiger partial charge in [0.1, 0.15) is 11.6 Å². The summed E-state index contributed by atoms with van der Waals surface area (Å²) >= 11 is 0. The molecule has 1 N–H and O–H groups in total. The first-order valence-corrected chi connectivity index (χ1v) is 16.1. The molecule has 2 atom stereocenters. The second-order valence-electron chi connectivity index (χ2n) is 12.8. The number of fused-ring (bicyclic) bond motifs is 2. The van der Waals surface area contributed by atoms with E-state index in [-0.39, 0.29) is 17.6 Å². The third-order valence-electron chi connectivity index (χ3n) is 10.3. The van der Waals surface area contributed by atoms with E-state index < -0.39 is 0 Å².